The Labute approximate surface area is 155 Å². The number of imidazole rings is 1. The van der Waals surface area contributed by atoms with E-state index in [1.165, 1.54) is 18.2 Å². The molecule has 3 aromatic heterocycles. The van der Waals surface area contributed by atoms with Gasteiger partial charge in [0.15, 0.2) is 5.78 Å². The summed E-state index contributed by atoms with van der Waals surface area (Å²) in [7, 11) is 0. The molecule has 1 aliphatic rings. The fraction of sp³-hybridized carbons (Fsp3) is 0.350. The van der Waals surface area contributed by atoms with Crippen molar-refractivity contribution in [1.82, 2.24) is 14.4 Å². The first-order valence-electron chi connectivity index (χ1n) is 8.94. The van der Waals surface area contributed by atoms with Crippen molar-refractivity contribution in [2.24, 2.45) is 0 Å². The average Bonchev–Trinajstić information content (AvgIpc) is 3.12. The van der Waals surface area contributed by atoms with E-state index in [1.807, 2.05) is 28.9 Å². The van der Waals surface area contributed by atoms with Crippen LogP contribution in [0.4, 0.5) is 8.78 Å². The van der Waals surface area contributed by atoms with E-state index in [4.69, 9.17) is 4.74 Å². The summed E-state index contributed by atoms with van der Waals surface area (Å²) < 4.78 is 32.9. The molecule has 3 aromatic rings. The molecule has 0 radical (unpaired) electrons. The number of ether oxygens (including phenoxy) is 1. The summed E-state index contributed by atoms with van der Waals surface area (Å²) in [5, 5.41) is 0. The minimum Gasteiger partial charge on any atom is -0.381 e. The van der Waals surface area contributed by atoms with E-state index in [9.17, 15) is 13.6 Å². The van der Waals surface area contributed by atoms with Crippen LogP contribution in [0, 0.1) is 0 Å². The zero-order valence-corrected chi connectivity index (χ0v) is 14.6. The molecule has 27 heavy (non-hydrogen) atoms. The van der Waals surface area contributed by atoms with Gasteiger partial charge in [0.1, 0.15) is 17.0 Å². The van der Waals surface area contributed by atoms with Crippen molar-refractivity contribution in [3.63, 3.8) is 0 Å². The number of halogens is 2. The van der Waals surface area contributed by atoms with Gasteiger partial charge in [-0.1, -0.05) is 12.1 Å². The molecule has 1 aliphatic heterocycles. The summed E-state index contributed by atoms with van der Waals surface area (Å²) in [4.78, 5) is 20.9. The van der Waals surface area contributed by atoms with E-state index in [1.54, 1.807) is 0 Å². The Hall–Kier alpha value is -2.67. The molecule has 7 heteroatoms. The highest BCUT2D eigenvalue weighted by Crippen LogP contribution is 2.26. The van der Waals surface area contributed by atoms with Gasteiger partial charge in [0.2, 0.25) is 0 Å². The van der Waals surface area contributed by atoms with Crippen LogP contribution in [0.5, 0.6) is 0 Å². The number of hydrogen-bond donors (Lipinski definition) is 0. The van der Waals surface area contributed by atoms with E-state index in [0.29, 0.717) is 5.92 Å². The van der Waals surface area contributed by atoms with Gasteiger partial charge in [0, 0.05) is 37.9 Å². The second kappa shape index (κ2) is 7.52. The first-order chi connectivity index (χ1) is 13.1. The van der Waals surface area contributed by atoms with E-state index in [-0.39, 0.29) is 23.6 Å². The molecule has 0 N–H and O–H groups in total. The van der Waals surface area contributed by atoms with Crippen molar-refractivity contribution in [1.29, 1.82) is 0 Å². The molecule has 0 aromatic carbocycles. The zero-order chi connectivity index (χ0) is 18.8. The third-order valence-electron chi connectivity index (χ3n) is 4.82. The van der Waals surface area contributed by atoms with Crippen LogP contribution in [0.15, 0.2) is 42.7 Å². The number of nitrogens with zero attached hydrogens (tertiary/aromatic N) is 3. The fourth-order valence-electron chi connectivity index (χ4n) is 3.36. The molecule has 4 rings (SSSR count). The topological polar surface area (TPSA) is 56.5 Å². The molecular formula is C20H19F2N3O2. The summed E-state index contributed by atoms with van der Waals surface area (Å²) in [6.07, 6.45) is 3.18. The number of pyridine rings is 2. The number of alkyl halides is 2. The van der Waals surface area contributed by atoms with Gasteiger partial charge in [0.25, 0.3) is 6.43 Å². The third-order valence-corrected chi connectivity index (χ3v) is 4.82. The molecular weight excluding hydrogens is 352 g/mol. The van der Waals surface area contributed by atoms with Crippen molar-refractivity contribution in [3.05, 3.63) is 65.4 Å². The standard InChI is InChI=1S/C20H19F2N3O2/c21-20(22)16-3-1-2-15(23-16)18(26)10-13-4-5-19-24-17(12-25(19)11-13)14-6-8-27-9-7-14/h1-5,11-12,14,20H,6-10H2. The summed E-state index contributed by atoms with van der Waals surface area (Å²) in [5.74, 6) is 0.103. The Morgan fingerprint density at radius 1 is 1.15 bits per heavy atom. The molecule has 1 fully saturated rings. The number of Topliss-reactive ketones (excluding diaryl/α,β-unsaturated/α-hetero) is 1. The minimum atomic E-state index is -2.69. The zero-order valence-electron chi connectivity index (χ0n) is 14.6. The van der Waals surface area contributed by atoms with E-state index < -0.39 is 6.43 Å². The van der Waals surface area contributed by atoms with Gasteiger partial charge in [-0.2, -0.15) is 0 Å². The Bertz CT molecular complexity index is 965. The predicted molar refractivity (Wildman–Crippen MR) is 95.2 cm³/mol. The van der Waals surface area contributed by atoms with Crippen molar-refractivity contribution in [3.8, 4) is 0 Å². The van der Waals surface area contributed by atoms with Crippen LogP contribution in [-0.4, -0.2) is 33.4 Å². The molecule has 0 spiro atoms. The largest absolute Gasteiger partial charge is 0.381 e. The number of carbonyl (C=O) groups is 1. The molecule has 5 nitrogen and oxygen atoms in total. The van der Waals surface area contributed by atoms with Gasteiger partial charge >= 0.3 is 0 Å². The van der Waals surface area contributed by atoms with Crippen LogP contribution in [0.25, 0.3) is 5.65 Å². The number of fused-ring (bicyclic) bond motifs is 1. The Morgan fingerprint density at radius 3 is 2.74 bits per heavy atom. The van der Waals surface area contributed by atoms with Gasteiger partial charge in [-0.15, -0.1) is 0 Å². The minimum absolute atomic E-state index is 0.0569. The normalized spacial score (nSPS) is 15.5. The molecule has 0 atom stereocenters. The smallest absolute Gasteiger partial charge is 0.280 e. The van der Waals surface area contributed by atoms with Crippen LogP contribution >= 0.6 is 0 Å². The fourth-order valence-corrected chi connectivity index (χ4v) is 3.36. The first kappa shape index (κ1) is 17.7. The summed E-state index contributed by atoms with van der Waals surface area (Å²) >= 11 is 0. The average molecular weight is 371 g/mol. The Kier molecular flexibility index (Phi) is 4.94. The van der Waals surface area contributed by atoms with Gasteiger partial charge in [-0.05, 0) is 36.6 Å². The van der Waals surface area contributed by atoms with Crippen LogP contribution in [-0.2, 0) is 11.2 Å². The van der Waals surface area contributed by atoms with Crippen molar-refractivity contribution >= 4 is 11.4 Å². The predicted octanol–water partition coefficient (Wildman–Crippen LogP) is 3.99. The maximum absolute atomic E-state index is 12.8. The highest BCUT2D eigenvalue weighted by Gasteiger charge is 2.19. The van der Waals surface area contributed by atoms with Crippen molar-refractivity contribution in [2.75, 3.05) is 13.2 Å². The SMILES string of the molecule is O=C(Cc1ccc2nc(C3CCOCC3)cn2c1)c1cccc(C(F)F)n1. The molecule has 0 aliphatic carbocycles. The van der Waals surface area contributed by atoms with E-state index >= 15 is 0 Å². The van der Waals surface area contributed by atoms with Crippen LogP contribution < -0.4 is 0 Å². The highest BCUT2D eigenvalue weighted by molar-refractivity contribution is 5.95. The number of aromatic nitrogens is 3. The molecule has 140 valence electrons. The lowest BCUT2D eigenvalue weighted by molar-refractivity contribution is 0.0846. The molecule has 0 unspecified atom stereocenters. The van der Waals surface area contributed by atoms with Gasteiger partial charge in [-0.3, -0.25) is 4.79 Å². The summed E-state index contributed by atoms with van der Waals surface area (Å²) in [5.41, 5.74) is 2.32. The lowest BCUT2D eigenvalue weighted by Crippen LogP contribution is -2.14. The number of rotatable bonds is 5. The van der Waals surface area contributed by atoms with Gasteiger partial charge < -0.3 is 9.14 Å². The van der Waals surface area contributed by atoms with Crippen LogP contribution in [0.2, 0.25) is 0 Å². The van der Waals surface area contributed by atoms with Crippen LogP contribution in [0.3, 0.4) is 0 Å². The van der Waals surface area contributed by atoms with Crippen LogP contribution in [0.1, 0.15) is 52.6 Å². The lowest BCUT2D eigenvalue weighted by Gasteiger charge is -2.19. The maximum atomic E-state index is 12.8. The van der Waals surface area contributed by atoms with Crippen molar-refractivity contribution < 1.29 is 18.3 Å². The Balaban J connectivity index is 1.53. The third kappa shape index (κ3) is 3.88. The lowest BCUT2D eigenvalue weighted by atomic mass is 9.97. The monoisotopic (exact) mass is 371 g/mol. The number of carbonyl (C=O) groups excluding carboxylic acids is 1. The van der Waals surface area contributed by atoms with E-state index in [2.05, 4.69) is 9.97 Å². The second-order valence-electron chi connectivity index (χ2n) is 6.70. The second-order valence-corrected chi connectivity index (χ2v) is 6.70. The highest BCUT2D eigenvalue weighted by atomic mass is 19.3. The maximum Gasteiger partial charge on any atom is 0.280 e. The van der Waals surface area contributed by atoms with Gasteiger partial charge in [0.05, 0.1) is 5.69 Å². The molecule has 0 saturated carbocycles. The quantitative estimate of drug-likeness (QED) is 0.637. The number of hydrogen-bond acceptors (Lipinski definition) is 4. The molecule has 1 saturated heterocycles. The van der Waals surface area contributed by atoms with Crippen molar-refractivity contribution in [2.45, 2.75) is 31.6 Å². The first-order valence-corrected chi connectivity index (χ1v) is 8.94. The summed E-state index contributed by atoms with van der Waals surface area (Å²) in [6, 6.07) is 7.82. The molecule has 0 amide bonds. The number of ketones is 1. The van der Waals surface area contributed by atoms with Gasteiger partial charge in [-0.25, -0.2) is 18.7 Å². The molecule has 4 heterocycles. The summed E-state index contributed by atoms with van der Waals surface area (Å²) in [6.45, 7) is 1.51. The Morgan fingerprint density at radius 2 is 1.96 bits per heavy atom. The van der Waals surface area contributed by atoms with E-state index in [0.717, 1.165) is 43.0 Å². The molecule has 0 bridgehead atoms.